The van der Waals surface area contributed by atoms with Crippen LogP contribution >= 0.6 is 0 Å². The molecule has 1 fully saturated rings. The summed E-state index contributed by atoms with van der Waals surface area (Å²) in [5.41, 5.74) is 0.779. The molecule has 2 heterocycles. The fourth-order valence-electron chi connectivity index (χ4n) is 3.88. The molecule has 0 radical (unpaired) electrons. The van der Waals surface area contributed by atoms with Gasteiger partial charge in [0.15, 0.2) is 9.84 Å². The van der Waals surface area contributed by atoms with Crippen molar-refractivity contribution < 1.29 is 26.7 Å². The number of piperazine rings is 1. The highest BCUT2D eigenvalue weighted by Crippen LogP contribution is 2.32. The van der Waals surface area contributed by atoms with E-state index >= 15 is 0 Å². The average molecular weight is 458 g/mol. The highest BCUT2D eigenvalue weighted by atomic mass is 32.2. The Morgan fingerprint density at radius 3 is 2.35 bits per heavy atom. The fraction of sp³-hybridized carbons (Fsp3) is 0.476. The predicted octanol–water partition coefficient (Wildman–Crippen LogP) is 3.35. The Hall–Kier alpha value is -2.33. The molecule has 0 bridgehead atoms. The normalized spacial score (nSPS) is 18.0. The van der Waals surface area contributed by atoms with Crippen molar-refractivity contribution in [2.75, 3.05) is 35.7 Å². The zero-order valence-corrected chi connectivity index (χ0v) is 18.4. The molecule has 1 aliphatic heterocycles. The molecular weight excluding hydrogens is 431 g/mol. The van der Waals surface area contributed by atoms with Gasteiger partial charge in [-0.05, 0) is 35.7 Å². The van der Waals surface area contributed by atoms with Gasteiger partial charge >= 0.3 is 6.18 Å². The van der Waals surface area contributed by atoms with Crippen LogP contribution in [0.2, 0.25) is 0 Å². The van der Waals surface area contributed by atoms with E-state index in [0.717, 1.165) is 18.0 Å². The van der Waals surface area contributed by atoms with E-state index in [1.807, 2.05) is 18.7 Å². The molecule has 1 aliphatic rings. The van der Waals surface area contributed by atoms with Gasteiger partial charge in [0.25, 0.3) is 0 Å². The van der Waals surface area contributed by atoms with Crippen molar-refractivity contribution in [3.63, 3.8) is 0 Å². The number of pyridine rings is 1. The summed E-state index contributed by atoms with van der Waals surface area (Å²) in [4.78, 5) is 7.80. The third kappa shape index (κ3) is 5.12. The Morgan fingerprint density at radius 1 is 1.16 bits per heavy atom. The van der Waals surface area contributed by atoms with Crippen molar-refractivity contribution in [2.45, 2.75) is 37.6 Å². The molecule has 1 saturated heterocycles. The van der Waals surface area contributed by atoms with Crippen LogP contribution in [0.5, 0.6) is 0 Å². The maximum Gasteiger partial charge on any atom is 0.433 e. The van der Waals surface area contributed by atoms with Gasteiger partial charge in [0.05, 0.1) is 23.4 Å². The number of rotatable bonds is 5. The summed E-state index contributed by atoms with van der Waals surface area (Å²) in [6.45, 7) is 5.38. The van der Waals surface area contributed by atoms with Gasteiger partial charge in [-0.25, -0.2) is 13.4 Å². The quantitative estimate of drug-likeness (QED) is 0.743. The Labute approximate surface area is 180 Å². The van der Waals surface area contributed by atoms with Gasteiger partial charge in [0.2, 0.25) is 0 Å². The lowest BCUT2D eigenvalue weighted by molar-refractivity contribution is -0.141. The molecule has 170 valence electrons. The molecule has 2 aromatic rings. The van der Waals surface area contributed by atoms with Crippen molar-refractivity contribution in [1.82, 2.24) is 4.98 Å². The molecule has 1 aromatic carbocycles. The van der Waals surface area contributed by atoms with Gasteiger partial charge in [-0.1, -0.05) is 19.9 Å². The molecule has 0 spiro atoms. The van der Waals surface area contributed by atoms with Crippen molar-refractivity contribution >= 4 is 21.2 Å². The first-order chi connectivity index (χ1) is 14.4. The summed E-state index contributed by atoms with van der Waals surface area (Å²) in [5.74, 6) is 0.191. The number of hydrogen-bond acceptors (Lipinski definition) is 6. The van der Waals surface area contributed by atoms with Gasteiger partial charge in [-0.15, -0.1) is 0 Å². The molecule has 10 heteroatoms. The molecule has 3 rings (SSSR count). The fourth-order valence-corrected chi connectivity index (χ4v) is 4.82. The van der Waals surface area contributed by atoms with Crippen molar-refractivity contribution in [3.05, 3.63) is 47.8 Å². The first-order valence-electron chi connectivity index (χ1n) is 9.90. The first kappa shape index (κ1) is 23.3. The van der Waals surface area contributed by atoms with E-state index in [0.29, 0.717) is 30.9 Å². The van der Waals surface area contributed by atoms with Gasteiger partial charge in [-0.2, -0.15) is 13.2 Å². The molecular formula is C21H26F3N3O3S. The van der Waals surface area contributed by atoms with E-state index in [1.165, 1.54) is 12.3 Å². The number of aliphatic hydroxyl groups excluding tert-OH is 1. The number of nitrogens with zero attached hydrogens (tertiary/aromatic N) is 3. The molecule has 1 atom stereocenters. The van der Waals surface area contributed by atoms with Gasteiger partial charge < -0.3 is 14.9 Å². The average Bonchev–Trinajstić information content (AvgIpc) is 2.71. The summed E-state index contributed by atoms with van der Waals surface area (Å²) in [7, 11) is -3.50. The van der Waals surface area contributed by atoms with E-state index in [-0.39, 0.29) is 23.5 Å². The maximum absolute atomic E-state index is 12.8. The Morgan fingerprint density at radius 2 is 1.84 bits per heavy atom. The summed E-state index contributed by atoms with van der Waals surface area (Å²) < 4.78 is 62.8. The van der Waals surface area contributed by atoms with Crippen LogP contribution in [-0.4, -0.2) is 50.4 Å². The molecule has 6 nitrogen and oxygen atoms in total. The minimum absolute atomic E-state index is 0.00788. The molecule has 31 heavy (non-hydrogen) atoms. The zero-order chi connectivity index (χ0) is 23.0. The van der Waals surface area contributed by atoms with Crippen LogP contribution in [0.25, 0.3) is 0 Å². The number of aliphatic hydroxyl groups is 1. The molecule has 1 N–H and O–H groups in total. The second kappa shape index (κ2) is 8.66. The van der Waals surface area contributed by atoms with Gasteiger partial charge in [0.1, 0.15) is 5.69 Å². The van der Waals surface area contributed by atoms with E-state index in [4.69, 9.17) is 0 Å². The van der Waals surface area contributed by atoms with Crippen LogP contribution in [0.15, 0.2) is 41.4 Å². The van der Waals surface area contributed by atoms with Crippen LogP contribution in [-0.2, 0) is 22.6 Å². The zero-order valence-electron chi connectivity index (χ0n) is 17.6. The molecule has 0 amide bonds. The summed E-state index contributed by atoms with van der Waals surface area (Å²) >= 11 is 0. The number of benzene rings is 1. The van der Waals surface area contributed by atoms with Crippen LogP contribution in [0.1, 0.15) is 25.1 Å². The standard InChI is InChI=1S/C21H26F3N3O3S/c1-14(2)18-12-26(16-5-4-15(13-28)19(10-16)31(3,29)30)8-9-27(18)17-6-7-20(25-11-17)21(22,23)24/h4-7,10-11,14,18,28H,8-9,12-13H2,1-3H3. The minimum atomic E-state index is -4.48. The number of hydrogen-bond donors (Lipinski definition) is 1. The monoisotopic (exact) mass is 457 g/mol. The predicted molar refractivity (Wildman–Crippen MR) is 113 cm³/mol. The molecule has 1 aromatic heterocycles. The van der Waals surface area contributed by atoms with E-state index in [1.54, 1.807) is 18.2 Å². The second-order valence-corrected chi connectivity index (χ2v) is 10.1. The van der Waals surface area contributed by atoms with Crippen LogP contribution < -0.4 is 9.80 Å². The van der Waals surface area contributed by atoms with Crippen molar-refractivity contribution in [3.8, 4) is 0 Å². The van der Waals surface area contributed by atoms with E-state index in [9.17, 15) is 26.7 Å². The maximum atomic E-state index is 12.8. The van der Waals surface area contributed by atoms with E-state index < -0.39 is 21.7 Å². The van der Waals surface area contributed by atoms with Crippen LogP contribution in [0, 0.1) is 5.92 Å². The van der Waals surface area contributed by atoms with E-state index in [2.05, 4.69) is 9.88 Å². The SMILES string of the molecule is CC(C)C1CN(c2ccc(CO)c(S(C)(=O)=O)c2)CCN1c1ccc(C(F)(F)F)nc1. The Balaban J connectivity index is 1.87. The molecule has 0 aliphatic carbocycles. The number of alkyl halides is 3. The van der Waals surface area contributed by atoms with Gasteiger partial charge in [0, 0.05) is 37.6 Å². The Bertz CT molecular complexity index is 1020. The third-order valence-electron chi connectivity index (χ3n) is 5.54. The van der Waals surface area contributed by atoms with Crippen LogP contribution in [0.4, 0.5) is 24.5 Å². The topological polar surface area (TPSA) is 73.7 Å². The molecule has 1 unspecified atom stereocenters. The largest absolute Gasteiger partial charge is 0.433 e. The number of anilines is 2. The van der Waals surface area contributed by atoms with Crippen LogP contribution in [0.3, 0.4) is 0 Å². The lowest BCUT2D eigenvalue weighted by Gasteiger charge is -2.45. The highest BCUT2D eigenvalue weighted by Gasteiger charge is 2.34. The molecule has 0 saturated carbocycles. The van der Waals surface area contributed by atoms with Crippen molar-refractivity contribution in [1.29, 1.82) is 0 Å². The number of aromatic nitrogens is 1. The Kier molecular flexibility index (Phi) is 6.52. The summed E-state index contributed by atoms with van der Waals surface area (Å²) in [5, 5.41) is 9.47. The lowest BCUT2D eigenvalue weighted by Crippen LogP contribution is -2.55. The summed E-state index contributed by atoms with van der Waals surface area (Å²) in [6, 6.07) is 7.40. The highest BCUT2D eigenvalue weighted by molar-refractivity contribution is 7.90. The third-order valence-corrected chi connectivity index (χ3v) is 6.72. The lowest BCUT2D eigenvalue weighted by atomic mass is 9.98. The smallest absolute Gasteiger partial charge is 0.392 e. The second-order valence-electron chi connectivity index (χ2n) is 8.07. The minimum Gasteiger partial charge on any atom is -0.392 e. The first-order valence-corrected chi connectivity index (χ1v) is 11.8. The summed E-state index contributed by atoms with van der Waals surface area (Å²) in [6.07, 6.45) is -2.11. The number of sulfone groups is 1. The number of halogens is 3. The van der Waals surface area contributed by atoms with Gasteiger partial charge in [-0.3, -0.25) is 0 Å². The van der Waals surface area contributed by atoms with Crippen molar-refractivity contribution in [2.24, 2.45) is 5.92 Å².